The Morgan fingerprint density at radius 3 is 2.84 bits per heavy atom. The Balaban J connectivity index is 2.39. The van der Waals surface area contributed by atoms with Gasteiger partial charge in [0.1, 0.15) is 6.33 Å². The monoisotopic (exact) mass is 267 g/mol. The third-order valence-electron chi connectivity index (χ3n) is 3.60. The first-order valence-corrected chi connectivity index (χ1v) is 6.40. The van der Waals surface area contributed by atoms with E-state index in [-0.39, 0.29) is 0 Å². The maximum atomic E-state index is 6.14. The minimum atomic E-state index is 0.742. The van der Waals surface area contributed by atoms with Crippen LogP contribution in [0.25, 0.3) is 32.7 Å². The third-order valence-corrected chi connectivity index (χ3v) is 3.84. The number of benzene rings is 2. The molecule has 19 heavy (non-hydrogen) atoms. The lowest BCUT2D eigenvalue weighted by Gasteiger charge is -1.99. The molecule has 0 saturated heterocycles. The number of nitrogens with zero attached hydrogens (tertiary/aromatic N) is 3. The summed E-state index contributed by atoms with van der Waals surface area (Å²) in [4.78, 5) is 8.52. The maximum absolute atomic E-state index is 6.14. The third kappa shape index (κ3) is 1.39. The molecule has 0 bridgehead atoms. The molecule has 0 unspecified atom stereocenters. The number of aromatic nitrogens is 3. The second kappa shape index (κ2) is 3.68. The molecule has 2 aromatic heterocycles. The van der Waals surface area contributed by atoms with Crippen LogP contribution in [0.1, 0.15) is 0 Å². The highest BCUT2D eigenvalue weighted by molar-refractivity contribution is 6.32. The summed E-state index contributed by atoms with van der Waals surface area (Å²) in [6, 6.07) is 10.1. The van der Waals surface area contributed by atoms with Crippen molar-refractivity contribution in [2.75, 3.05) is 0 Å². The average molecular weight is 268 g/mol. The quantitative estimate of drug-likeness (QED) is 0.483. The Labute approximate surface area is 114 Å². The smallest absolute Gasteiger partial charge is 0.116 e. The first-order valence-electron chi connectivity index (χ1n) is 6.02. The van der Waals surface area contributed by atoms with Crippen LogP contribution in [0.2, 0.25) is 5.02 Å². The second-order valence-corrected chi connectivity index (χ2v) is 5.08. The number of hydrogen-bond donors (Lipinski definition) is 0. The van der Waals surface area contributed by atoms with Crippen LogP contribution in [0.3, 0.4) is 0 Å². The van der Waals surface area contributed by atoms with Gasteiger partial charge in [-0.2, -0.15) is 0 Å². The van der Waals surface area contributed by atoms with Gasteiger partial charge < -0.3 is 4.57 Å². The van der Waals surface area contributed by atoms with Crippen LogP contribution in [0.15, 0.2) is 42.9 Å². The summed E-state index contributed by atoms with van der Waals surface area (Å²) in [7, 11) is 2.06. The molecule has 2 heterocycles. The SMILES string of the molecule is Cn1c2ccc(Cl)cc2c2c3ncncc3ccc21. The van der Waals surface area contributed by atoms with E-state index in [1.807, 2.05) is 24.4 Å². The number of rotatable bonds is 0. The Kier molecular flexibility index (Phi) is 2.09. The van der Waals surface area contributed by atoms with Gasteiger partial charge in [-0.15, -0.1) is 0 Å². The second-order valence-electron chi connectivity index (χ2n) is 4.64. The molecule has 0 saturated carbocycles. The summed E-state index contributed by atoms with van der Waals surface area (Å²) >= 11 is 6.14. The largest absolute Gasteiger partial charge is 0.344 e. The maximum Gasteiger partial charge on any atom is 0.116 e. The van der Waals surface area contributed by atoms with E-state index in [4.69, 9.17) is 11.6 Å². The number of fused-ring (bicyclic) bond motifs is 5. The molecular weight excluding hydrogens is 258 g/mol. The van der Waals surface area contributed by atoms with Gasteiger partial charge in [-0.3, -0.25) is 0 Å². The van der Waals surface area contributed by atoms with Gasteiger partial charge in [0, 0.05) is 39.9 Å². The minimum absolute atomic E-state index is 0.742. The van der Waals surface area contributed by atoms with Crippen molar-refractivity contribution in [2.45, 2.75) is 0 Å². The number of aryl methyl sites for hydroxylation is 1. The molecule has 0 amide bonds. The molecular formula is C15H10ClN3. The van der Waals surface area contributed by atoms with Crippen molar-refractivity contribution < 1.29 is 0 Å². The zero-order valence-corrected chi connectivity index (χ0v) is 11.0. The predicted molar refractivity (Wildman–Crippen MR) is 78.5 cm³/mol. The van der Waals surface area contributed by atoms with Crippen LogP contribution in [0, 0.1) is 0 Å². The zero-order valence-electron chi connectivity index (χ0n) is 10.3. The van der Waals surface area contributed by atoms with Gasteiger partial charge in [0.2, 0.25) is 0 Å². The van der Waals surface area contributed by atoms with Gasteiger partial charge in [-0.1, -0.05) is 11.6 Å². The van der Waals surface area contributed by atoms with E-state index in [2.05, 4.69) is 33.7 Å². The molecule has 4 rings (SSSR count). The molecule has 2 aromatic carbocycles. The molecule has 0 aliphatic rings. The molecule has 0 fully saturated rings. The van der Waals surface area contributed by atoms with Crippen LogP contribution >= 0.6 is 11.6 Å². The van der Waals surface area contributed by atoms with E-state index in [0.29, 0.717) is 0 Å². The molecule has 0 aliphatic carbocycles. The molecule has 92 valence electrons. The molecule has 0 N–H and O–H groups in total. The molecule has 0 aliphatic heterocycles. The lowest BCUT2D eigenvalue weighted by Crippen LogP contribution is -1.87. The van der Waals surface area contributed by atoms with Crippen LogP contribution in [-0.2, 0) is 7.05 Å². The van der Waals surface area contributed by atoms with E-state index in [0.717, 1.165) is 37.7 Å². The van der Waals surface area contributed by atoms with Crippen LogP contribution < -0.4 is 0 Å². The average Bonchev–Trinajstić information content (AvgIpc) is 2.72. The Hall–Kier alpha value is -2.13. The normalized spacial score (nSPS) is 11.7. The van der Waals surface area contributed by atoms with Crippen LogP contribution in [0.4, 0.5) is 0 Å². The zero-order chi connectivity index (χ0) is 13.0. The van der Waals surface area contributed by atoms with Crippen LogP contribution in [0.5, 0.6) is 0 Å². The van der Waals surface area contributed by atoms with E-state index >= 15 is 0 Å². The Morgan fingerprint density at radius 2 is 1.95 bits per heavy atom. The van der Waals surface area contributed by atoms with Gasteiger partial charge in [-0.05, 0) is 30.3 Å². The molecule has 0 radical (unpaired) electrons. The van der Waals surface area contributed by atoms with Crippen molar-refractivity contribution in [3.63, 3.8) is 0 Å². The van der Waals surface area contributed by atoms with Crippen molar-refractivity contribution in [1.82, 2.24) is 14.5 Å². The van der Waals surface area contributed by atoms with Gasteiger partial charge in [0.15, 0.2) is 0 Å². The topological polar surface area (TPSA) is 30.7 Å². The van der Waals surface area contributed by atoms with Crippen molar-refractivity contribution in [3.05, 3.63) is 47.9 Å². The summed E-state index contributed by atoms with van der Waals surface area (Å²) in [6.07, 6.45) is 3.43. The standard InChI is InChI=1S/C15H10ClN3/c1-19-12-5-3-10(16)6-11(12)14-13(19)4-2-9-7-17-8-18-15(9)14/h2-8H,1H3. The lowest BCUT2D eigenvalue weighted by molar-refractivity contribution is 1.01. The summed E-state index contributed by atoms with van der Waals surface area (Å²) in [5.74, 6) is 0. The highest BCUT2D eigenvalue weighted by Crippen LogP contribution is 2.34. The molecule has 4 aromatic rings. The van der Waals surface area contributed by atoms with Gasteiger partial charge in [-0.25, -0.2) is 9.97 Å². The summed E-state index contributed by atoms with van der Waals surface area (Å²) in [5.41, 5.74) is 3.29. The Bertz CT molecular complexity index is 940. The van der Waals surface area contributed by atoms with Gasteiger partial charge in [0.25, 0.3) is 0 Å². The van der Waals surface area contributed by atoms with Crippen molar-refractivity contribution >= 4 is 44.3 Å². The molecule has 0 atom stereocenters. The molecule has 4 heteroatoms. The fraction of sp³-hybridized carbons (Fsp3) is 0.0667. The minimum Gasteiger partial charge on any atom is -0.344 e. The van der Waals surface area contributed by atoms with E-state index in [9.17, 15) is 0 Å². The fourth-order valence-corrected chi connectivity index (χ4v) is 2.89. The van der Waals surface area contributed by atoms with Crippen molar-refractivity contribution in [2.24, 2.45) is 7.05 Å². The van der Waals surface area contributed by atoms with Crippen molar-refractivity contribution in [1.29, 1.82) is 0 Å². The fourth-order valence-electron chi connectivity index (χ4n) is 2.72. The molecule has 0 spiro atoms. The van der Waals surface area contributed by atoms with E-state index in [1.165, 1.54) is 0 Å². The molecule has 3 nitrogen and oxygen atoms in total. The number of hydrogen-bond acceptors (Lipinski definition) is 2. The highest BCUT2D eigenvalue weighted by Gasteiger charge is 2.12. The highest BCUT2D eigenvalue weighted by atomic mass is 35.5. The van der Waals surface area contributed by atoms with Crippen LogP contribution in [-0.4, -0.2) is 14.5 Å². The lowest BCUT2D eigenvalue weighted by atomic mass is 10.1. The first kappa shape index (κ1) is 10.8. The first-order chi connectivity index (χ1) is 9.25. The summed E-state index contributed by atoms with van der Waals surface area (Å²) in [5, 5.41) is 4.06. The van der Waals surface area contributed by atoms with Gasteiger partial charge >= 0.3 is 0 Å². The number of halogens is 1. The van der Waals surface area contributed by atoms with Gasteiger partial charge in [0.05, 0.1) is 11.0 Å². The predicted octanol–water partition coefficient (Wildman–Crippen LogP) is 3.93. The van der Waals surface area contributed by atoms with E-state index < -0.39 is 0 Å². The van der Waals surface area contributed by atoms with Crippen molar-refractivity contribution in [3.8, 4) is 0 Å². The summed E-state index contributed by atoms with van der Waals surface area (Å²) in [6.45, 7) is 0. The van der Waals surface area contributed by atoms with E-state index in [1.54, 1.807) is 6.33 Å². The Morgan fingerprint density at radius 1 is 1.11 bits per heavy atom. The summed E-state index contributed by atoms with van der Waals surface area (Å²) < 4.78 is 2.17.